The third-order valence-electron chi connectivity index (χ3n) is 12.3. The summed E-state index contributed by atoms with van der Waals surface area (Å²) in [5.41, 5.74) is 7.93. The van der Waals surface area contributed by atoms with Gasteiger partial charge in [0.15, 0.2) is 0 Å². The van der Waals surface area contributed by atoms with Gasteiger partial charge in [-0.05, 0) is 168 Å². The molecule has 0 fully saturated rings. The molecule has 336 valence electrons. The number of rotatable bonds is 13. The van der Waals surface area contributed by atoms with E-state index in [1.165, 1.54) is 12.1 Å². The lowest BCUT2D eigenvalue weighted by Gasteiger charge is -2.17. The standard InChI is InChI=1S/C56H40F6N6/c1-4-7-12-34-27-41(67-47-19-17-43(37-23-35(32-63)25-39(29-37)55(57,58)59)45(13-8-5-2)51(47)53-49(67)15-10-21-65-53)31-42(28-34)68-48-20-18-44(38-24-36(33-64)26-40(30-38)56(60,61)62)46(14-9-6-3)52(48)54-50(68)16-11-22-66-54/h4-6,10-11,15-31H,1-3,7-9,12-14H2. The number of hydrogen-bond donors (Lipinski definition) is 0. The third kappa shape index (κ3) is 8.09. The van der Waals surface area contributed by atoms with E-state index in [-0.39, 0.29) is 22.3 Å². The van der Waals surface area contributed by atoms with Gasteiger partial charge in [-0.25, -0.2) is 0 Å². The summed E-state index contributed by atoms with van der Waals surface area (Å²) in [5.74, 6) is 0. The molecule has 0 aliphatic rings. The van der Waals surface area contributed by atoms with Crippen LogP contribution in [0.3, 0.4) is 0 Å². The van der Waals surface area contributed by atoms with Crippen molar-refractivity contribution in [1.29, 1.82) is 10.5 Å². The number of aryl methyl sites for hydroxylation is 3. The van der Waals surface area contributed by atoms with Crippen molar-refractivity contribution in [3.8, 4) is 45.8 Å². The molecule has 4 heterocycles. The van der Waals surface area contributed by atoms with Crippen LogP contribution in [0.5, 0.6) is 0 Å². The molecule has 12 heteroatoms. The Morgan fingerprint density at radius 2 is 0.941 bits per heavy atom. The molecule has 9 aromatic rings. The number of aromatic nitrogens is 4. The molecule has 0 bridgehead atoms. The molecule has 0 amide bonds. The number of hydrogen-bond acceptors (Lipinski definition) is 4. The Morgan fingerprint density at radius 3 is 1.34 bits per heavy atom. The van der Waals surface area contributed by atoms with Gasteiger partial charge < -0.3 is 9.13 Å². The molecule has 0 unspecified atom stereocenters. The van der Waals surface area contributed by atoms with Gasteiger partial charge in [0.1, 0.15) is 0 Å². The Morgan fingerprint density at radius 1 is 0.515 bits per heavy atom. The van der Waals surface area contributed by atoms with Crippen LogP contribution in [-0.4, -0.2) is 19.1 Å². The maximum Gasteiger partial charge on any atom is 0.416 e. The first-order valence-corrected chi connectivity index (χ1v) is 21.8. The van der Waals surface area contributed by atoms with Crippen molar-refractivity contribution >= 4 is 43.9 Å². The Bertz CT molecular complexity index is 3370. The van der Waals surface area contributed by atoms with Crippen molar-refractivity contribution < 1.29 is 26.3 Å². The van der Waals surface area contributed by atoms with E-state index < -0.39 is 23.5 Å². The van der Waals surface area contributed by atoms with Gasteiger partial charge in [0.25, 0.3) is 0 Å². The highest BCUT2D eigenvalue weighted by Gasteiger charge is 2.33. The highest BCUT2D eigenvalue weighted by Crippen LogP contribution is 2.44. The van der Waals surface area contributed by atoms with Crippen molar-refractivity contribution in [3.05, 3.63) is 192 Å². The van der Waals surface area contributed by atoms with E-state index in [4.69, 9.17) is 9.97 Å². The van der Waals surface area contributed by atoms with E-state index in [0.717, 1.165) is 85.2 Å². The molecule has 0 aliphatic heterocycles. The van der Waals surface area contributed by atoms with E-state index in [0.29, 0.717) is 60.7 Å². The Labute approximate surface area is 387 Å². The van der Waals surface area contributed by atoms with E-state index in [9.17, 15) is 36.9 Å². The molecule has 0 atom stereocenters. The van der Waals surface area contributed by atoms with Crippen molar-refractivity contribution in [3.63, 3.8) is 0 Å². The van der Waals surface area contributed by atoms with Gasteiger partial charge in [-0.3, -0.25) is 9.97 Å². The van der Waals surface area contributed by atoms with Crippen LogP contribution in [0.25, 0.3) is 77.5 Å². The predicted molar refractivity (Wildman–Crippen MR) is 257 cm³/mol. The highest BCUT2D eigenvalue weighted by atomic mass is 19.4. The van der Waals surface area contributed by atoms with E-state index in [1.807, 2.05) is 54.6 Å². The lowest BCUT2D eigenvalue weighted by Crippen LogP contribution is -2.06. The van der Waals surface area contributed by atoms with Crippen molar-refractivity contribution in [2.24, 2.45) is 0 Å². The maximum atomic E-state index is 14.2. The normalized spacial score (nSPS) is 11.9. The molecular weight excluding hydrogens is 871 g/mol. The number of benzene rings is 5. The summed E-state index contributed by atoms with van der Waals surface area (Å²) in [6.45, 7) is 11.8. The Hall–Kier alpha value is -8.22. The number of fused-ring (bicyclic) bond motifs is 6. The molecular formula is C56H40F6N6. The monoisotopic (exact) mass is 910 g/mol. The van der Waals surface area contributed by atoms with Crippen LogP contribution in [-0.2, 0) is 31.6 Å². The summed E-state index contributed by atoms with van der Waals surface area (Å²) >= 11 is 0. The SMILES string of the molecule is C=CCCc1cc(-n2c3cccnc3c3c(CCC=C)c(-c4cc(C#N)cc(C(F)(F)F)c4)ccc32)cc(-n2c3cccnc3c3c(CCC=C)c(-c4cc(C#N)cc(C(F)(F)F)c4)ccc32)c1. The summed E-state index contributed by atoms with van der Waals surface area (Å²) < 4.78 is 89.5. The number of nitriles is 2. The minimum atomic E-state index is -4.68. The van der Waals surface area contributed by atoms with Crippen LogP contribution >= 0.6 is 0 Å². The van der Waals surface area contributed by atoms with Crippen LogP contribution < -0.4 is 0 Å². The topological polar surface area (TPSA) is 83.2 Å². The molecule has 0 N–H and O–H groups in total. The van der Waals surface area contributed by atoms with Gasteiger partial charge in [-0.1, -0.05) is 30.4 Å². The van der Waals surface area contributed by atoms with E-state index in [1.54, 1.807) is 36.7 Å². The molecule has 0 radical (unpaired) electrons. The fourth-order valence-electron chi connectivity index (χ4n) is 9.43. The number of nitrogens with zero attached hydrogens (tertiary/aromatic N) is 6. The smallest absolute Gasteiger partial charge is 0.308 e. The van der Waals surface area contributed by atoms with Crippen molar-refractivity contribution in [2.45, 2.75) is 50.9 Å². The van der Waals surface area contributed by atoms with Gasteiger partial charge in [0.2, 0.25) is 0 Å². The summed E-state index contributed by atoms with van der Waals surface area (Å²) in [6.07, 6.45) is 2.56. The number of allylic oxidation sites excluding steroid dienone is 3. The third-order valence-corrected chi connectivity index (χ3v) is 12.3. The minimum Gasteiger partial charge on any atom is -0.308 e. The number of pyridine rings is 2. The second kappa shape index (κ2) is 17.9. The van der Waals surface area contributed by atoms with Crippen LogP contribution in [0.4, 0.5) is 26.3 Å². The van der Waals surface area contributed by atoms with Gasteiger partial charge in [-0.15, -0.1) is 19.7 Å². The second-order valence-electron chi connectivity index (χ2n) is 16.5. The van der Waals surface area contributed by atoms with Crippen LogP contribution in [0, 0.1) is 22.7 Å². The summed E-state index contributed by atoms with van der Waals surface area (Å²) in [5, 5.41) is 21.1. The number of halogens is 6. The zero-order valence-corrected chi connectivity index (χ0v) is 36.5. The van der Waals surface area contributed by atoms with Gasteiger partial charge in [-0.2, -0.15) is 36.9 Å². The zero-order chi connectivity index (χ0) is 47.9. The molecule has 4 aromatic heterocycles. The molecule has 5 aromatic carbocycles. The first-order chi connectivity index (χ1) is 32.8. The van der Waals surface area contributed by atoms with Crippen LogP contribution in [0.1, 0.15) is 58.2 Å². The molecule has 0 saturated carbocycles. The Balaban J connectivity index is 1.33. The fourth-order valence-corrected chi connectivity index (χ4v) is 9.43. The molecule has 6 nitrogen and oxygen atoms in total. The van der Waals surface area contributed by atoms with E-state index in [2.05, 4.69) is 47.1 Å². The largest absolute Gasteiger partial charge is 0.416 e. The second-order valence-corrected chi connectivity index (χ2v) is 16.5. The van der Waals surface area contributed by atoms with Gasteiger partial charge in [0.05, 0.1) is 67.5 Å². The first kappa shape index (κ1) is 45.0. The fraction of sp³-hybridized carbons (Fsp3) is 0.143. The summed E-state index contributed by atoms with van der Waals surface area (Å²) in [4.78, 5) is 9.76. The quantitative estimate of drug-likeness (QED) is 0.0852. The van der Waals surface area contributed by atoms with Crippen LogP contribution in [0.15, 0.2) is 153 Å². The van der Waals surface area contributed by atoms with Gasteiger partial charge >= 0.3 is 12.4 Å². The number of alkyl halides is 6. The lowest BCUT2D eigenvalue weighted by molar-refractivity contribution is -0.138. The minimum absolute atomic E-state index is 0.109. The zero-order valence-electron chi connectivity index (χ0n) is 36.5. The summed E-state index contributed by atoms with van der Waals surface area (Å²) in [7, 11) is 0. The first-order valence-electron chi connectivity index (χ1n) is 21.8. The van der Waals surface area contributed by atoms with Crippen LogP contribution in [0.2, 0.25) is 0 Å². The lowest BCUT2D eigenvalue weighted by atomic mass is 9.91. The van der Waals surface area contributed by atoms with Crippen molar-refractivity contribution in [1.82, 2.24) is 19.1 Å². The molecule has 0 spiro atoms. The maximum absolute atomic E-state index is 14.2. The summed E-state index contributed by atoms with van der Waals surface area (Å²) in [6, 6.07) is 31.8. The highest BCUT2D eigenvalue weighted by molar-refractivity contribution is 6.12. The van der Waals surface area contributed by atoms with Crippen molar-refractivity contribution in [2.75, 3.05) is 0 Å². The predicted octanol–water partition coefficient (Wildman–Crippen LogP) is 15.1. The van der Waals surface area contributed by atoms with Gasteiger partial charge in [0, 0.05) is 34.5 Å². The Kier molecular flexibility index (Phi) is 11.8. The average molecular weight is 911 g/mol. The molecule has 9 rings (SSSR count). The average Bonchev–Trinajstić information content (AvgIpc) is 3.86. The molecule has 0 aliphatic carbocycles. The molecule has 68 heavy (non-hydrogen) atoms. The molecule has 0 saturated heterocycles. The van der Waals surface area contributed by atoms with E-state index >= 15 is 0 Å².